The molecule has 1 N–H and O–H groups in total. The fraction of sp³-hybridized carbons (Fsp3) is 0.308. The molecule has 94 valence electrons. The molecule has 0 radical (unpaired) electrons. The highest BCUT2D eigenvalue weighted by molar-refractivity contribution is 7.99. The quantitative estimate of drug-likeness (QED) is 0.856. The van der Waals surface area contributed by atoms with Crippen LogP contribution in [0.5, 0.6) is 0 Å². The van der Waals surface area contributed by atoms with Crippen molar-refractivity contribution in [2.75, 3.05) is 12.4 Å². The summed E-state index contributed by atoms with van der Waals surface area (Å²) in [6.07, 6.45) is 1.78. The van der Waals surface area contributed by atoms with E-state index in [0.29, 0.717) is 5.92 Å². The second-order valence-electron chi connectivity index (χ2n) is 4.12. The zero-order chi connectivity index (χ0) is 13.0. The Balaban J connectivity index is 2.30. The molecule has 0 amide bonds. The van der Waals surface area contributed by atoms with Gasteiger partial charge in [-0.25, -0.2) is 15.0 Å². The molecule has 0 aromatic carbocycles. The van der Waals surface area contributed by atoms with Crippen LogP contribution in [-0.4, -0.2) is 22.0 Å². The molecule has 2 heterocycles. The van der Waals surface area contributed by atoms with Gasteiger partial charge in [0.05, 0.1) is 0 Å². The van der Waals surface area contributed by atoms with E-state index in [4.69, 9.17) is 0 Å². The predicted octanol–water partition coefficient (Wildman–Crippen LogP) is 3.19. The summed E-state index contributed by atoms with van der Waals surface area (Å²) in [7, 11) is 1.86. The smallest absolute Gasteiger partial charge is 0.134 e. The van der Waals surface area contributed by atoms with Crippen molar-refractivity contribution < 1.29 is 0 Å². The SMILES string of the molecule is CNc1cc(Sc2ccccn2)nc(C(C)C)n1. The van der Waals surface area contributed by atoms with Gasteiger partial charge in [-0.2, -0.15) is 0 Å². The molecule has 2 aromatic rings. The third kappa shape index (κ3) is 3.20. The number of aromatic nitrogens is 3. The first-order valence-electron chi connectivity index (χ1n) is 5.84. The van der Waals surface area contributed by atoms with Gasteiger partial charge in [-0.15, -0.1) is 0 Å². The Morgan fingerprint density at radius 3 is 2.61 bits per heavy atom. The zero-order valence-electron chi connectivity index (χ0n) is 10.7. The third-order valence-corrected chi connectivity index (χ3v) is 3.21. The maximum Gasteiger partial charge on any atom is 0.134 e. The summed E-state index contributed by atoms with van der Waals surface area (Å²) in [5.74, 6) is 1.99. The maximum absolute atomic E-state index is 4.55. The predicted molar refractivity (Wildman–Crippen MR) is 74.0 cm³/mol. The van der Waals surface area contributed by atoms with E-state index < -0.39 is 0 Å². The minimum Gasteiger partial charge on any atom is -0.373 e. The fourth-order valence-corrected chi connectivity index (χ4v) is 2.18. The highest BCUT2D eigenvalue weighted by atomic mass is 32.2. The van der Waals surface area contributed by atoms with Crippen molar-refractivity contribution in [1.29, 1.82) is 0 Å². The Hall–Kier alpha value is -1.62. The summed E-state index contributed by atoms with van der Waals surface area (Å²) >= 11 is 1.55. The zero-order valence-corrected chi connectivity index (χ0v) is 11.5. The van der Waals surface area contributed by atoms with Gasteiger partial charge in [0.25, 0.3) is 0 Å². The van der Waals surface area contributed by atoms with Crippen LogP contribution in [0, 0.1) is 0 Å². The van der Waals surface area contributed by atoms with Gasteiger partial charge in [0, 0.05) is 25.2 Å². The van der Waals surface area contributed by atoms with E-state index >= 15 is 0 Å². The summed E-state index contributed by atoms with van der Waals surface area (Å²) in [5, 5.41) is 4.92. The Kier molecular flexibility index (Phi) is 4.15. The first kappa shape index (κ1) is 12.8. The van der Waals surface area contributed by atoms with E-state index in [9.17, 15) is 0 Å². The lowest BCUT2D eigenvalue weighted by atomic mass is 10.2. The van der Waals surface area contributed by atoms with E-state index in [-0.39, 0.29) is 0 Å². The fourth-order valence-electron chi connectivity index (χ4n) is 1.40. The molecule has 0 fully saturated rings. The number of nitrogens with zero attached hydrogens (tertiary/aromatic N) is 3. The number of anilines is 1. The minimum atomic E-state index is 0.307. The van der Waals surface area contributed by atoms with Crippen molar-refractivity contribution in [2.24, 2.45) is 0 Å². The summed E-state index contributed by atoms with van der Waals surface area (Å²) < 4.78 is 0. The third-order valence-electron chi connectivity index (χ3n) is 2.34. The first-order valence-corrected chi connectivity index (χ1v) is 6.66. The van der Waals surface area contributed by atoms with E-state index in [2.05, 4.69) is 34.1 Å². The highest BCUT2D eigenvalue weighted by Gasteiger charge is 2.08. The lowest BCUT2D eigenvalue weighted by Gasteiger charge is -2.09. The Morgan fingerprint density at radius 1 is 1.17 bits per heavy atom. The second kappa shape index (κ2) is 5.82. The Bertz CT molecular complexity index is 514. The van der Waals surface area contributed by atoms with Crippen molar-refractivity contribution in [3.8, 4) is 0 Å². The number of pyridine rings is 1. The monoisotopic (exact) mass is 260 g/mol. The van der Waals surface area contributed by atoms with Gasteiger partial charge in [-0.05, 0) is 23.9 Å². The number of hydrogen-bond donors (Lipinski definition) is 1. The number of rotatable bonds is 4. The van der Waals surface area contributed by atoms with Crippen molar-refractivity contribution in [1.82, 2.24) is 15.0 Å². The first-order chi connectivity index (χ1) is 8.69. The molecular weight excluding hydrogens is 244 g/mol. The van der Waals surface area contributed by atoms with Crippen molar-refractivity contribution in [2.45, 2.75) is 29.8 Å². The molecular formula is C13H16N4S. The van der Waals surface area contributed by atoms with Gasteiger partial charge < -0.3 is 5.32 Å². The average molecular weight is 260 g/mol. The van der Waals surface area contributed by atoms with Crippen LogP contribution in [-0.2, 0) is 0 Å². The van der Waals surface area contributed by atoms with Crippen LogP contribution in [0.4, 0.5) is 5.82 Å². The molecule has 0 bridgehead atoms. The molecule has 0 saturated heterocycles. The van der Waals surface area contributed by atoms with E-state index in [1.807, 2.05) is 31.3 Å². The highest BCUT2D eigenvalue weighted by Crippen LogP contribution is 2.26. The molecule has 18 heavy (non-hydrogen) atoms. The van der Waals surface area contributed by atoms with Gasteiger partial charge in [0.1, 0.15) is 21.7 Å². The molecule has 0 atom stereocenters. The van der Waals surface area contributed by atoms with Gasteiger partial charge in [0.15, 0.2) is 0 Å². The molecule has 5 heteroatoms. The van der Waals surface area contributed by atoms with E-state index in [1.54, 1.807) is 18.0 Å². The molecule has 4 nitrogen and oxygen atoms in total. The number of nitrogens with one attached hydrogen (secondary N) is 1. The van der Waals surface area contributed by atoms with E-state index in [0.717, 1.165) is 21.7 Å². The summed E-state index contributed by atoms with van der Waals surface area (Å²) in [6.45, 7) is 4.17. The molecule has 0 aliphatic heterocycles. The second-order valence-corrected chi connectivity index (χ2v) is 5.17. The van der Waals surface area contributed by atoms with Crippen LogP contribution in [0.1, 0.15) is 25.6 Å². The minimum absolute atomic E-state index is 0.307. The largest absolute Gasteiger partial charge is 0.373 e. The summed E-state index contributed by atoms with van der Waals surface area (Å²) in [4.78, 5) is 13.3. The molecule has 2 rings (SSSR count). The maximum atomic E-state index is 4.55. The Morgan fingerprint density at radius 2 is 2.00 bits per heavy atom. The van der Waals surface area contributed by atoms with Gasteiger partial charge in [0.2, 0.25) is 0 Å². The van der Waals surface area contributed by atoms with Crippen molar-refractivity contribution in [3.63, 3.8) is 0 Å². The summed E-state index contributed by atoms with van der Waals surface area (Å²) in [6, 6.07) is 7.79. The van der Waals surface area contributed by atoms with Gasteiger partial charge in [-0.3, -0.25) is 0 Å². The lowest BCUT2D eigenvalue weighted by Crippen LogP contribution is -2.02. The van der Waals surface area contributed by atoms with Crippen LogP contribution in [0.2, 0.25) is 0 Å². The van der Waals surface area contributed by atoms with E-state index in [1.165, 1.54) is 0 Å². The average Bonchev–Trinajstić information content (AvgIpc) is 2.39. The molecule has 0 spiro atoms. The van der Waals surface area contributed by atoms with Crippen LogP contribution < -0.4 is 5.32 Å². The van der Waals surface area contributed by atoms with Crippen LogP contribution in [0.15, 0.2) is 40.5 Å². The van der Waals surface area contributed by atoms with Crippen LogP contribution in [0.25, 0.3) is 0 Å². The van der Waals surface area contributed by atoms with Gasteiger partial charge in [-0.1, -0.05) is 19.9 Å². The molecule has 0 aliphatic carbocycles. The number of hydrogen-bond acceptors (Lipinski definition) is 5. The van der Waals surface area contributed by atoms with Crippen LogP contribution in [0.3, 0.4) is 0 Å². The standard InChI is InChI=1S/C13H16N4S/c1-9(2)13-16-10(14-3)8-12(17-13)18-11-6-4-5-7-15-11/h4-9H,1-3H3,(H,14,16,17). The molecule has 0 saturated carbocycles. The molecule has 2 aromatic heterocycles. The van der Waals surface area contributed by atoms with Crippen LogP contribution >= 0.6 is 11.8 Å². The normalized spacial score (nSPS) is 10.7. The van der Waals surface area contributed by atoms with Gasteiger partial charge >= 0.3 is 0 Å². The summed E-state index contributed by atoms with van der Waals surface area (Å²) in [5.41, 5.74) is 0. The Labute approximate surface area is 111 Å². The van der Waals surface area contributed by atoms with Crippen molar-refractivity contribution in [3.05, 3.63) is 36.3 Å². The lowest BCUT2D eigenvalue weighted by molar-refractivity contribution is 0.755. The van der Waals surface area contributed by atoms with Crippen molar-refractivity contribution >= 4 is 17.6 Å². The molecule has 0 unspecified atom stereocenters. The topological polar surface area (TPSA) is 50.7 Å². The molecule has 0 aliphatic rings.